The number of aromatic amines is 1. The number of nitrogens with two attached hydrogens (primary N) is 1. The fraction of sp³-hybridized carbons (Fsp3) is 0.0952. The number of thiazole rings is 1. The highest BCUT2D eigenvalue weighted by Crippen LogP contribution is 2.31. The Labute approximate surface area is 182 Å². The number of phenols is 1. The molecule has 0 bridgehead atoms. The van der Waals surface area contributed by atoms with Gasteiger partial charge < -0.3 is 21.1 Å². The maximum Gasteiger partial charge on any atom is 0.233 e. The van der Waals surface area contributed by atoms with Gasteiger partial charge in [0.05, 0.1) is 22.4 Å². The summed E-state index contributed by atoms with van der Waals surface area (Å²) in [6.07, 6.45) is 1.82. The van der Waals surface area contributed by atoms with Crippen LogP contribution in [0.25, 0.3) is 21.1 Å². The second-order valence-corrected chi connectivity index (χ2v) is 9.44. The molecule has 2 heterocycles. The lowest BCUT2D eigenvalue weighted by molar-refractivity contribution is 0.480. The second kappa shape index (κ2) is 8.31. The van der Waals surface area contributed by atoms with Crippen LogP contribution < -0.4 is 15.8 Å². The molecule has 158 valence electrons. The predicted octanol–water partition coefficient (Wildman–Crippen LogP) is 3.09. The Morgan fingerprint density at radius 3 is 2.97 bits per heavy atom. The molecule has 0 aliphatic rings. The summed E-state index contributed by atoms with van der Waals surface area (Å²) in [7, 11) is -3.51. The van der Waals surface area contributed by atoms with E-state index >= 15 is 0 Å². The molecule has 2 aromatic heterocycles. The predicted molar refractivity (Wildman–Crippen MR) is 125 cm³/mol. The molecule has 4 aromatic rings. The van der Waals surface area contributed by atoms with E-state index in [-0.39, 0.29) is 12.3 Å². The van der Waals surface area contributed by atoms with Gasteiger partial charge in [-0.2, -0.15) is 0 Å². The summed E-state index contributed by atoms with van der Waals surface area (Å²) in [6, 6.07) is 9.09. The molecule has 0 fully saturated rings. The molecule has 31 heavy (non-hydrogen) atoms. The van der Waals surface area contributed by atoms with Crippen LogP contribution in [-0.4, -0.2) is 30.0 Å². The van der Waals surface area contributed by atoms with Gasteiger partial charge in [0.15, 0.2) is 5.13 Å². The lowest BCUT2D eigenvalue weighted by Crippen LogP contribution is -2.20. The number of nitrogens with zero attached hydrogens (tertiary/aromatic N) is 1. The van der Waals surface area contributed by atoms with Gasteiger partial charge in [0.1, 0.15) is 11.3 Å². The second-order valence-electron chi connectivity index (χ2n) is 6.67. The van der Waals surface area contributed by atoms with E-state index in [1.807, 2.05) is 30.5 Å². The van der Waals surface area contributed by atoms with Crippen LogP contribution in [0.5, 0.6) is 5.75 Å². The van der Waals surface area contributed by atoms with E-state index in [9.17, 15) is 13.5 Å². The van der Waals surface area contributed by atoms with Gasteiger partial charge >= 0.3 is 0 Å². The van der Waals surface area contributed by atoms with E-state index in [1.165, 1.54) is 11.3 Å². The van der Waals surface area contributed by atoms with E-state index in [0.29, 0.717) is 22.8 Å². The summed E-state index contributed by atoms with van der Waals surface area (Å²) >= 11 is 1.29. The van der Waals surface area contributed by atoms with Crippen LogP contribution in [0.2, 0.25) is 0 Å². The number of hydrogen-bond acceptors (Lipinski definition) is 7. The van der Waals surface area contributed by atoms with Gasteiger partial charge in [-0.3, -0.25) is 0 Å². The molecule has 6 N–H and O–H groups in total. The number of phenolic OH excluding ortho intramolecular Hbond substituents is 1. The minimum atomic E-state index is -3.51. The minimum absolute atomic E-state index is 0.0467. The van der Waals surface area contributed by atoms with Gasteiger partial charge in [-0.05, 0) is 35.9 Å². The fourth-order valence-corrected chi connectivity index (χ4v) is 4.39. The molecule has 0 spiro atoms. The average molecular weight is 454 g/mol. The van der Waals surface area contributed by atoms with Crippen molar-refractivity contribution in [3.8, 4) is 17.6 Å². The zero-order valence-electron chi connectivity index (χ0n) is 16.3. The number of benzene rings is 2. The number of nitrogen functional groups attached to an aromatic ring is 1. The lowest BCUT2D eigenvalue weighted by atomic mass is 10.1. The van der Waals surface area contributed by atoms with Gasteiger partial charge in [-0.25, -0.2) is 18.1 Å². The first-order chi connectivity index (χ1) is 14.8. The third-order valence-electron chi connectivity index (χ3n) is 4.51. The Balaban J connectivity index is 1.52. The van der Waals surface area contributed by atoms with Gasteiger partial charge in [0, 0.05) is 29.1 Å². The smallest absolute Gasteiger partial charge is 0.233 e. The minimum Gasteiger partial charge on any atom is -0.506 e. The molecular formula is C21H19N5O3S2. The SMILES string of the molecule is C=CS(=O)(=O)NCc1cc(NCC#Cc2cc(O)c3nc(N)sc3c2)c2[nH]ccc2c1. The van der Waals surface area contributed by atoms with Crippen molar-refractivity contribution in [2.45, 2.75) is 6.54 Å². The van der Waals surface area contributed by atoms with Crippen LogP contribution in [-0.2, 0) is 16.6 Å². The van der Waals surface area contributed by atoms with E-state index in [0.717, 1.165) is 32.3 Å². The lowest BCUT2D eigenvalue weighted by Gasteiger charge is -2.09. The highest BCUT2D eigenvalue weighted by Gasteiger charge is 2.09. The number of aromatic nitrogens is 2. The molecule has 0 amide bonds. The highest BCUT2D eigenvalue weighted by molar-refractivity contribution is 7.92. The topological polar surface area (TPSA) is 133 Å². The standard InChI is InChI=1S/C21H19N5O3S2/c1-2-31(28,29)25-12-14-8-15-5-7-24-19(15)16(9-14)23-6-3-4-13-10-17(27)20-18(11-13)30-21(22)26-20/h2,5,7-11,23-25,27H,1,6,12H2,(H2,22,26). The van der Waals surface area contributed by atoms with Crippen LogP contribution in [0.3, 0.4) is 0 Å². The van der Waals surface area contributed by atoms with Gasteiger partial charge in [0.25, 0.3) is 0 Å². The van der Waals surface area contributed by atoms with Crippen molar-refractivity contribution in [3.05, 3.63) is 59.6 Å². The highest BCUT2D eigenvalue weighted by atomic mass is 32.2. The molecule has 0 aliphatic carbocycles. The first-order valence-corrected chi connectivity index (χ1v) is 11.5. The molecule has 10 heteroatoms. The van der Waals surface area contributed by atoms with Crippen molar-refractivity contribution in [3.63, 3.8) is 0 Å². The summed E-state index contributed by atoms with van der Waals surface area (Å²) < 4.78 is 26.5. The zero-order valence-corrected chi connectivity index (χ0v) is 17.9. The maximum absolute atomic E-state index is 11.6. The summed E-state index contributed by atoms with van der Waals surface area (Å²) in [5, 5.41) is 15.6. The molecule has 4 rings (SSSR count). The number of nitrogens with one attached hydrogen (secondary N) is 3. The van der Waals surface area contributed by atoms with Crippen molar-refractivity contribution in [1.82, 2.24) is 14.7 Å². The van der Waals surface area contributed by atoms with Gasteiger partial charge in [0.2, 0.25) is 10.0 Å². The van der Waals surface area contributed by atoms with Gasteiger partial charge in [-0.1, -0.05) is 29.8 Å². The molecule has 0 radical (unpaired) electrons. The monoisotopic (exact) mass is 453 g/mol. The number of H-pyrrole nitrogens is 1. The van der Waals surface area contributed by atoms with E-state index in [4.69, 9.17) is 5.73 Å². The molecule has 0 unspecified atom stereocenters. The quantitative estimate of drug-likeness (QED) is 0.285. The van der Waals surface area contributed by atoms with Crippen LogP contribution in [0.4, 0.5) is 10.8 Å². The maximum atomic E-state index is 11.6. The number of anilines is 2. The molecule has 8 nitrogen and oxygen atoms in total. The number of hydrogen-bond donors (Lipinski definition) is 5. The van der Waals surface area contributed by atoms with E-state index in [2.05, 4.69) is 38.4 Å². The van der Waals surface area contributed by atoms with E-state index in [1.54, 1.807) is 6.07 Å². The zero-order chi connectivity index (χ0) is 22.0. The molecule has 0 atom stereocenters. The van der Waals surface area contributed by atoms with Crippen LogP contribution in [0.1, 0.15) is 11.1 Å². The number of fused-ring (bicyclic) bond motifs is 2. The summed E-state index contributed by atoms with van der Waals surface area (Å²) in [5.41, 5.74) is 9.34. The van der Waals surface area contributed by atoms with Crippen molar-refractivity contribution >= 4 is 53.3 Å². The fourth-order valence-electron chi connectivity index (χ4n) is 3.11. The van der Waals surface area contributed by atoms with Crippen molar-refractivity contribution in [1.29, 1.82) is 0 Å². The molecular weight excluding hydrogens is 434 g/mol. The number of sulfonamides is 1. The van der Waals surface area contributed by atoms with Crippen molar-refractivity contribution < 1.29 is 13.5 Å². The Morgan fingerprint density at radius 2 is 2.16 bits per heavy atom. The summed E-state index contributed by atoms with van der Waals surface area (Å²) in [6.45, 7) is 3.79. The third kappa shape index (κ3) is 4.64. The largest absolute Gasteiger partial charge is 0.506 e. The van der Waals surface area contributed by atoms with Crippen LogP contribution in [0, 0.1) is 11.8 Å². The van der Waals surface area contributed by atoms with Crippen LogP contribution in [0.15, 0.2) is 48.5 Å². The van der Waals surface area contributed by atoms with Gasteiger partial charge in [-0.15, -0.1) is 0 Å². The first-order valence-electron chi connectivity index (χ1n) is 9.18. The number of rotatable bonds is 6. The summed E-state index contributed by atoms with van der Waals surface area (Å²) in [5.74, 6) is 6.10. The molecule has 2 aromatic carbocycles. The molecule has 0 saturated carbocycles. The Morgan fingerprint density at radius 1 is 1.32 bits per heavy atom. The Hall–Kier alpha value is -3.52. The van der Waals surface area contributed by atoms with Crippen molar-refractivity contribution in [2.24, 2.45) is 0 Å². The van der Waals surface area contributed by atoms with Crippen LogP contribution >= 0.6 is 11.3 Å². The third-order valence-corrected chi connectivity index (χ3v) is 6.32. The number of aromatic hydroxyl groups is 1. The first kappa shape index (κ1) is 20.7. The van der Waals surface area contributed by atoms with Crippen molar-refractivity contribution in [2.75, 3.05) is 17.6 Å². The Kier molecular flexibility index (Phi) is 5.56. The summed E-state index contributed by atoms with van der Waals surface area (Å²) in [4.78, 5) is 7.26. The average Bonchev–Trinajstić information content (AvgIpc) is 3.36. The molecule has 0 aliphatic heterocycles. The normalized spacial score (nSPS) is 11.4. The van der Waals surface area contributed by atoms with E-state index < -0.39 is 10.0 Å². The Bertz CT molecular complexity index is 1460. The molecule has 0 saturated heterocycles.